The van der Waals surface area contributed by atoms with E-state index in [1.165, 1.54) is 0 Å². The number of piperazine rings is 1. The summed E-state index contributed by atoms with van der Waals surface area (Å²) < 4.78 is 17.9. The highest BCUT2D eigenvalue weighted by molar-refractivity contribution is 7.85. The molecule has 0 bridgehead atoms. The van der Waals surface area contributed by atoms with Gasteiger partial charge in [0.25, 0.3) is 0 Å². The molecular weight excluding hydrogens is 424 g/mol. The van der Waals surface area contributed by atoms with E-state index in [2.05, 4.69) is 43.0 Å². The Kier molecular flexibility index (Phi) is 4.91. The van der Waals surface area contributed by atoms with Gasteiger partial charge in [-0.05, 0) is 44.4 Å². The summed E-state index contributed by atoms with van der Waals surface area (Å²) in [5.74, 6) is 3.48. The van der Waals surface area contributed by atoms with Gasteiger partial charge in [0.1, 0.15) is 29.2 Å². The highest BCUT2D eigenvalue weighted by atomic mass is 32.2. The van der Waals surface area contributed by atoms with Crippen molar-refractivity contribution in [1.82, 2.24) is 25.1 Å². The molecule has 0 radical (unpaired) electrons. The van der Waals surface area contributed by atoms with Crippen LogP contribution in [-0.4, -0.2) is 78.6 Å². The third-order valence-electron chi connectivity index (χ3n) is 6.96. The van der Waals surface area contributed by atoms with Gasteiger partial charge in [-0.2, -0.15) is 5.10 Å². The zero-order chi connectivity index (χ0) is 21.7. The topological polar surface area (TPSA) is 87.2 Å². The van der Waals surface area contributed by atoms with Gasteiger partial charge in [-0.3, -0.25) is 14.2 Å². The molecule has 6 rings (SSSR count). The lowest BCUT2D eigenvalue weighted by Crippen LogP contribution is -2.50. The number of rotatable bonds is 5. The summed E-state index contributed by atoms with van der Waals surface area (Å²) >= 11 is 0. The van der Waals surface area contributed by atoms with Crippen LogP contribution in [0.5, 0.6) is 5.75 Å². The van der Waals surface area contributed by atoms with Gasteiger partial charge < -0.3 is 9.64 Å². The second-order valence-corrected chi connectivity index (χ2v) is 11.0. The van der Waals surface area contributed by atoms with Gasteiger partial charge >= 0.3 is 0 Å². The summed E-state index contributed by atoms with van der Waals surface area (Å²) in [5.41, 5.74) is 2.58. The molecule has 1 aliphatic carbocycles. The maximum atomic E-state index is 11.8. The Morgan fingerprint density at radius 3 is 2.75 bits per heavy atom. The van der Waals surface area contributed by atoms with Crippen LogP contribution in [0.15, 0.2) is 30.6 Å². The van der Waals surface area contributed by atoms with Crippen LogP contribution in [0.25, 0.3) is 22.3 Å². The number of hydrogen-bond donors (Lipinski definition) is 1. The first kappa shape index (κ1) is 20.1. The Balaban J connectivity index is 1.21. The van der Waals surface area contributed by atoms with Crippen molar-refractivity contribution in [3.63, 3.8) is 0 Å². The molecule has 3 aromatic rings. The predicted octanol–water partition coefficient (Wildman–Crippen LogP) is 2.59. The summed E-state index contributed by atoms with van der Waals surface area (Å²) in [6.45, 7) is 5.93. The molecule has 168 valence electrons. The second kappa shape index (κ2) is 7.81. The van der Waals surface area contributed by atoms with Crippen molar-refractivity contribution >= 4 is 27.5 Å². The SMILES string of the molecule is CC1(Oc2ccc3[nH]nc(-c4cc(N5CCN(C6CCS(=O)C6)CC5)ncn4)c3c2)CC1. The van der Waals surface area contributed by atoms with Gasteiger partial charge in [0, 0.05) is 66.0 Å². The van der Waals surface area contributed by atoms with Crippen LogP contribution in [0.1, 0.15) is 26.2 Å². The van der Waals surface area contributed by atoms with Gasteiger partial charge in [-0.25, -0.2) is 9.97 Å². The number of aromatic amines is 1. The largest absolute Gasteiger partial charge is 0.488 e. The van der Waals surface area contributed by atoms with Crippen LogP contribution in [0.3, 0.4) is 0 Å². The van der Waals surface area contributed by atoms with E-state index in [0.29, 0.717) is 6.04 Å². The molecular formula is C23H28N6O2S. The van der Waals surface area contributed by atoms with Crippen molar-refractivity contribution in [3.8, 4) is 17.1 Å². The number of H-pyrrole nitrogens is 1. The first-order chi connectivity index (χ1) is 15.6. The van der Waals surface area contributed by atoms with Crippen molar-refractivity contribution in [2.75, 3.05) is 42.6 Å². The molecule has 2 aromatic heterocycles. The fourth-order valence-corrected chi connectivity index (χ4v) is 6.23. The molecule has 32 heavy (non-hydrogen) atoms. The molecule has 0 spiro atoms. The quantitative estimate of drug-likeness (QED) is 0.637. The highest BCUT2D eigenvalue weighted by Crippen LogP contribution is 2.40. The second-order valence-electron chi connectivity index (χ2n) is 9.37. The molecule has 1 N–H and O–H groups in total. The minimum absolute atomic E-state index is 0.0185. The Morgan fingerprint density at radius 2 is 2.00 bits per heavy atom. The average Bonchev–Trinajstić information content (AvgIpc) is 3.19. The third-order valence-corrected chi connectivity index (χ3v) is 8.41. The Hall–Kier alpha value is -2.52. The molecule has 0 amide bonds. The van der Waals surface area contributed by atoms with E-state index in [-0.39, 0.29) is 5.60 Å². The maximum Gasteiger partial charge on any atom is 0.132 e. The van der Waals surface area contributed by atoms with E-state index in [0.717, 1.165) is 90.8 Å². The molecule has 1 aromatic carbocycles. The number of aromatic nitrogens is 4. The first-order valence-corrected chi connectivity index (χ1v) is 12.9. The number of nitrogens with one attached hydrogen (secondary N) is 1. The Morgan fingerprint density at radius 1 is 1.16 bits per heavy atom. The van der Waals surface area contributed by atoms with Gasteiger partial charge in [0.05, 0.1) is 11.2 Å². The molecule has 2 atom stereocenters. The van der Waals surface area contributed by atoms with Crippen LogP contribution in [0.4, 0.5) is 5.82 Å². The average molecular weight is 453 g/mol. The smallest absolute Gasteiger partial charge is 0.132 e. The van der Waals surface area contributed by atoms with E-state index in [1.807, 2.05) is 18.2 Å². The van der Waals surface area contributed by atoms with Gasteiger partial charge in [0.2, 0.25) is 0 Å². The Bertz CT molecular complexity index is 1170. The molecule has 3 fully saturated rings. The number of nitrogens with zero attached hydrogens (tertiary/aromatic N) is 5. The zero-order valence-electron chi connectivity index (χ0n) is 18.3. The molecule has 9 heteroatoms. The number of fused-ring (bicyclic) bond motifs is 1. The molecule has 2 saturated heterocycles. The monoisotopic (exact) mass is 452 g/mol. The van der Waals surface area contributed by atoms with Crippen molar-refractivity contribution in [2.24, 2.45) is 0 Å². The number of anilines is 1. The van der Waals surface area contributed by atoms with E-state index >= 15 is 0 Å². The molecule has 2 aliphatic heterocycles. The lowest BCUT2D eigenvalue weighted by atomic mass is 10.1. The van der Waals surface area contributed by atoms with Crippen LogP contribution in [0.2, 0.25) is 0 Å². The fourth-order valence-electron chi connectivity index (χ4n) is 4.72. The van der Waals surface area contributed by atoms with Crippen LogP contribution < -0.4 is 9.64 Å². The lowest BCUT2D eigenvalue weighted by Gasteiger charge is -2.38. The standard InChI is InChI=1S/C23H28N6O2S/c1-23(5-6-23)31-17-2-3-19-18(12-17)22(27-26-19)20-13-21(25-15-24-20)29-9-7-28(8-10-29)16-4-11-32(30)14-16/h2-3,12-13,15-16H,4-11,14H2,1H3,(H,26,27). The molecule has 3 aliphatic rings. The van der Waals surface area contributed by atoms with Gasteiger partial charge in [-0.15, -0.1) is 0 Å². The molecule has 1 saturated carbocycles. The summed E-state index contributed by atoms with van der Waals surface area (Å²) in [6, 6.07) is 8.59. The van der Waals surface area contributed by atoms with E-state index in [9.17, 15) is 4.21 Å². The normalized spacial score (nSPS) is 25.3. The molecule has 4 heterocycles. The minimum atomic E-state index is -0.630. The highest BCUT2D eigenvalue weighted by Gasteiger charge is 2.40. The van der Waals surface area contributed by atoms with Crippen molar-refractivity contribution in [3.05, 3.63) is 30.6 Å². The van der Waals surface area contributed by atoms with Crippen LogP contribution in [0, 0.1) is 0 Å². The van der Waals surface area contributed by atoms with Crippen LogP contribution in [-0.2, 0) is 10.8 Å². The van der Waals surface area contributed by atoms with Crippen molar-refractivity contribution in [1.29, 1.82) is 0 Å². The summed E-state index contributed by atoms with van der Waals surface area (Å²) in [7, 11) is -0.630. The van der Waals surface area contributed by atoms with E-state index < -0.39 is 10.8 Å². The van der Waals surface area contributed by atoms with E-state index in [4.69, 9.17) is 4.74 Å². The van der Waals surface area contributed by atoms with Crippen molar-refractivity contribution in [2.45, 2.75) is 37.8 Å². The van der Waals surface area contributed by atoms with Crippen LogP contribution >= 0.6 is 0 Å². The predicted molar refractivity (Wildman–Crippen MR) is 125 cm³/mol. The third kappa shape index (κ3) is 3.88. The Labute approximate surface area is 189 Å². The summed E-state index contributed by atoms with van der Waals surface area (Å²) in [6.07, 6.45) is 4.89. The van der Waals surface area contributed by atoms with Gasteiger partial charge in [0.15, 0.2) is 0 Å². The summed E-state index contributed by atoms with van der Waals surface area (Å²) in [4.78, 5) is 13.9. The van der Waals surface area contributed by atoms with E-state index in [1.54, 1.807) is 6.33 Å². The molecule has 2 unspecified atom stereocenters. The first-order valence-electron chi connectivity index (χ1n) is 11.4. The van der Waals surface area contributed by atoms with Crippen molar-refractivity contribution < 1.29 is 8.95 Å². The number of ether oxygens (including phenoxy) is 1. The maximum absolute atomic E-state index is 11.8. The number of hydrogen-bond acceptors (Lipinski definition) is 7. The number of benzene rings is 1. The lowest BCUT2D eigenvalue weighted by molar-refractivity contribution is 0.200. The fraction of sp³-hybridized carbons (Fsp3) is 0.522. The van der Waals surface area contributed by atoms with Gasteiger partial charge in [-0.1, -0.05) is 0 Å². The minimum Gasteiger partial charge on any atom is -0.488 e. The molecule has 8 nitrogen and oxygen atoms in total. The zero-order valence-corrected chi connectivity index (χ0v) is 19.1. The summed E-state index contributed by atoms with van der Waals surface area (Å²) in [5, 5.41) is 8.68.